The van der Waals surface area contributed by atoms with Gasteiger partial charge in [-0.3, -0.25) is 4.79 Å². The molecule has 44 heavy (non-hydrogen) atoms. The number of aromatic nitrogens is 2. The first-order valence-electron chi connectivity index (χ1n) is 15.5. The molecule has 238 valence electrons. The molecule has 2 aliphatic heterocycles. The predicted octanol–water partition coefficient (Wildman–Crippen LogP) is 4.87. The minimum absolute atomic E-state index is 0.0519. The minimum atomic E-state index is -3.32. The van der Waals surface area contributed by atoms with Crippen molar-refractivity contribution in [2.45, 2.75) is 90.0 Å². The monoisotopic (exact) mass is 614 g/mol. The fraction of sp³-hybridized carbons (Fsp3) is 0.656. The molecule has 4 aliphatic rings. The maximum atomic E-state index is 16.3. The van der Waals surface area contributed by atoms with Crippen molar-refractivity contribution in [1.29, 1.82) is 0 Å². The molecule has 10 nitrogen and oxygen atoms in total. The number of aldehydes is 1. The molecule has 0 spiro atoms. The Morgan fingerprint density at radius 2 is 1.84 bits per heavy atom. The predicted molar refractivity (Wildman–Crippen MR) is 155 cm³/mol. The minimum Gasteiger partial charge on any atom is -0.497 e. The smallest absolute Gasteiger partial charge is 0.408 e. The highest BCUT2D eigenvalue weighted by atomic mass is 19.3. The molecule has 2 unspecified atom stereocenters. The van der Waals surface area contributed by atoms with Crippen LogP contribution in [0.3, 0.4) is 0 Å². The van der Waals surface area contributed by atoms with Crippen molar-refractivity contribution in [1.82, 2.24) is 20.2 Å². The van der Waals surface area contributed by atoms with Crippen LogP contribution in [0, 0.1) is 29.1 Å². The zero-order valence-electron chi connectivity index (χ0n) is 25.7. The average molecular weight is 615 g/mol. The van der Waals surface area contributed by atoms with Gasteiger partial charge >= 0.3 is 6.09 Å². The number of hydrogen-bond acceptors (Lipinski definition) is 8. The van der Waals surface area contributed by atoms with E-state index >= 15 is 8.78 Å². The van der Waals surface area contributed by atoms with E-state index in [4.69, 9.17) is 14.2 Å². The summed E-state index contributed by atoms with van der Waals surface area (Å²) in [6.07, 6.45) is 1.54. The van der Waals surface area contributed by atoms with E-state index in [9.17, 15) is 14.4 Å². The SMILES string of the molecule is CC[C@@H]1[C@@H]2CN(C(=O)[C@H](C(C)(C)C)NC(=O)O[C@@H]3C[C@H]3CCC3CC3C(F)(F)c3nc4ccc(OC)cc4nc3O2)[C@@H]1C=O. The molecule has 2 aliphatic carbocycles. The molecule has 1 aromatic heterocycles. The van der Waals surface area contributed by atoms with Crippen LogP contribution in [0.5, 0.6) is 11.6 Å². The standard InChI is InChI=1S/C32H40F2N4O6/c1-6-19-23(15-39)38-14-25(19)43-28-26(35-21-10-9-18(42-5)13-22(21)36-28)32(33,34)20-11-16(20)7-8-17-12-24(17)44-30(41)37-27(29(38)40)31(2,3)4/h9-10,13,15-17,19-20,23-25,27H,6-8,11-12,14H2,1-5H3,(H,37,41)/t16?,17-,19+,20?,23-,24-,25+,27-/m1/s1. The van der Waals surface area contributed by atoms with E-state index in [0.717, 1.165) is 0 Å². The molecule has 0 radical (unpaired) electrons. The maximum Gasteiger partial charge on any atom is 0.408 e. The van der Waals surface area contributed by atoms with Crippen LogP contribution < -0.4 is 14.8 Å². The Kier molecular flexibility index (Phi) is 7.68. The van der Waals surface area contributed by atoms with Gasteiger partial charge in [-0.1, -0.05) is 27.7 Å². The van der Waals surface area contributed by atoms with E-state index in [1.165, 1.54) is 12.0 Å². The van der Waals surface area contributed by atoms with Crippen molar-refractivity contribution in [2.75, 3.05) is 13.7 Å². The van der Waals surface area contributed by atoms with Crippen molar-refractivity contribution in [2.24, 2.45) is 29.1 Å². The molecule has 12 heteroatoms. The van der Waals surface area contributed by atoms with Crippen molar-refractivity contribution in [3.63, 3.8) is 0 Å². The number of benzene rings is 1. The Hall–Kier alpha value is -3.57. The number of methoxy groups -OCH3 is 1. The van der Waals surface area contributed by atoms with E-state index in [1.807, 2.05) is 27.7 Å². The number of nitrogens with zero attached hydrogens (tertiary/aromatic N) is 3. The maximum absolute atomic E-state index is 16.3. The van der Waals surface area contributed by atoms with E-state index in [-0.39, 0.29) is 35.9 Å². The van der Waals surface area contributed by atoms with E-state index in [2.05, 4.69) is 15.3 Å². The summed E-state index contributed by atoms with van der Waals surface area (Å²) in [4.78, 5) is 49.7. The summed E-state index contributed by atoms with van der Waals surface area (Å²) >= 11 is 0. The molecule has 3 heterocycles. The number of carbonyl (C=O) groups is 3. The van der Waals surface area contributed by atoms with Gasteiger partial charge in [0.1, 0.15) is 30.3 Å². The molecule has 1 N–H and O–H groups in total. The topological polar surface area (TPSA) is 120 Å². The lowest BCUT2D eigenvalue weighted by Crippen LogP contribution is -2.56. The molecular formula is C32H40F2N4O6. The van der Waals surface area contributed by atoms with Crippen molar-refractivity contribution < 1.29 is 37.4 Å². The summed E-state index contributed by atoms with van der Waals surface area (Å²) in [6.45, 7) is 7.25. The summed E-state index contributed by atoms with van der Waals surface area (Å²) in [5.41, 5.74) is -0.629. The Morgan fingerprint density at radius 3 is 2.52 bits per heavy atom. The molecule has 6 rings (SSSR count). The zero-order valence-corrected chi connectivity index (χ0v) is 25.7. The molecule has 8 atom stereocenters. The van der Waals surface area contributed by atoms with Crippen LogP contribution in [0.4, 0.5) is 13.6 Å². The zero-order chi connectivity index (χ0) is 31.6. The molecule has 1 saturated heterocycles. The number of carbonyl (C=O) groups excluding carboxylic acids is 3. The lowest BCUT2D eigenvalue weighted by Gasteiger charge is -2.34. The molecule has 1 aromatic carbocycles. The number of alkyl halides is 2. The summed E-state index contributed by atoms with van der Waals surface area (Å²) in [5.74, 6) is -5.13. The van der Waals surface area contributed by atoms with Gasteiger partial charge in [0.2, 0.25) is 11.8 Å². The van der Waals surface area contributed by atoms with Crippen molar-refractivity contribution in [3.8, 4) is 11.6 Å². The summed E-state index contributed by atoms with van der Waals surface area (Å²) in [7, 11) is 1.50. The molecule has 3 fully saturated rings. The van der Waals surface area contributed by atoms with Gasteiger partial charge in [-0.2, -0.15) is 8.78 Å². The lowest BCUT2D eigenvalue weighted by molar-refractivity contribution is -0.139. The third-order valence-electron chi connectivity index (χ3n) is 9.75. The van der Waals surface area contributed by atoms with Crippen LogP contribution in [0.1, 0.15) is 65.5 Å². The Bertz CT molecular complexity index is 1460. The van der Waals surface area contributed by atoms with Gasteiger partial charge in [0, 0.05) is 17.9 Å². The van der Waals surface area contributed by atoms with Crippen LogP contribution in [0.25, 0.3) is 11.0 Å². The first kappa shape index (κ1) is 30.5. The number of alkyl carbamates (subject to hydrolysis) is 1. The second-order valence-corrected chi connectivity index (χ2v) is 13.8. The lowest BCUT2D eigenvalue weighted by atomic mass is 9.85. The third kappa shape index (κ3) is 5.56. The summed E-state index contributed by atoms with van der Waals surface area (Å²) < 4.78 is 49.8. The van der Waals surface area contributed by atoms with Gasteiger partial charge in [-0.15, -0.1) is 0 Å². The van der Waals surface area contributed by atoms with Gasteiger partial charge in [0.05, 0.1) is 30.7 Å². The number of amides is 2. The fourth-order valence-corrected chi connectivity index (χ4v) is 6.92. The highest BCUT2D eigenvalue weighted by Gasteiger charge is 2.59. The normalized spacial score (nSPS) is 33.4. The van der Waals surface area contributed by atoms with Crippen LogP contribution in [0.2, 0.25) is 0 Å². The molecule has 2 saturated carbocycles. The van der Waals surface area contributed by atoms with Crippen molar-refractivity contribution >= 4 is 29.3 Å². The molecule has 2 bridgehead atoms. The molecule has 2 amide bonds. The third-order valence-corrected chi connectivity index (χ3v) is 9.75. The van der Waals surface area contributed by atoms with Crippen LogP contribution in [0.15, 0.2) is 18.2 Å². The number of halogens is 2. The highest BCUT2D eigenvalue weighted by molar-refractivity contribution is 5.89. The van der Waals surface area contributed by atoms with Crippen LogP contribution in [-0.2, 0) is 20.2 Å². The molecule has 2 aromatic rings. The van der Waals surface area contributed by atoms with Gasteiger partial charge < -0.3 is 29.2 Å². The van der Waals surface area contributed by atoms with E-state index < -0.39 is 59.1 Å². The number of rotatable bonds is 3. The number of fused-ring (bicyclic) bond motifs is 6. The Labute approximate surface area is 255 Å². The Morgan fingerprint density at radius 1 is 1.09 bits per heavy atom. The Balaban J connectivity index is 1.42. The number of ether oxygens (including phenoxy) is 3. The summed E-state index contributed by atoms with van der Waals surface area (Å²) in [5, 5.41) is 2.76. The van der Waals surface area contributed by atoms with Gasteiger partial charge in [0.15, 0.2) is 5.69 Å². The van der Waals surface area contributed by atoms with Crippen molar-refractivity contribution in [3.05, 3.63) is 23.9 Å². The number of nitrogens with one attached hydrogen (secondary N) is 1. The quantitative estimate of drug-likeness (QED) is 0.487. The van der Waals surface area contributed by atoms with Gasteiger partial charge in [-0.25, -0.2) is 14.8 Å². The first-order valence-corrected chi connectivity index (χ1v) is 15.5. The van der Waals surface area contributed by atoms with E-state index in [0.29, 0.717) is 49.7 Å². The second-order valence-electron chi connectivity index (χ2n) is 13.8. The van der Waals surface area contributed by atoms with Crippen LogP contribution >= 0.6 is 0 Å². The van der Waals surface area contributed by atoms with Crippen LogP contribution in [-0.4, -0.2) is 71.1 Å². The number of hydrogen-bond donors (Lipinski definition) is 1. The van der Waals surface area contributed by atoms with E-state index in [1.54, 1.807) is 18.2 Å². The molecular weight excluding hydrogens is 574 g/mol. The average Bonchev–Trinajstić information content (AvgIpc) is 3.89. The summed E-state index contributed by atoms with van der Waals surface area (Å²) in [6, 6.07) is 2.96. The fourth-order valence-electron chi connectivity index (χ4n) is 6.92. The first-order chi connectivity index (χ1) is 20.8. The second kappa shape index (κ2) is 11.1. The van der Waals surface area contributed by atoms with Gasteiger partial charge in [0.25, 0.3) is 5.92 Å². The van der Waals surface area contributed by atoms with Gasteiger partial charge in [-0.05, 0) is 61.5 Å². The largest absolute Gasteiger partial charge is 0.497 e. The highest BCUT2D eigenvalue weighted by Crippen LogP contribution is 2.58.